The predicted molar refractivity (Wildman–Crippen MR) is 68.1 cm³/mol. The van der Waals surface area contributed by atoms with Crippen LogP contribution in [0.25, 0.3) is 0 Å². The van der Waals surface area contributed by atoms with Crippen LogP contribution in [0.3, 0.4) is 0 Å². The molecular weight excluding hydrogens is 236 g/mol. The Morgan fingerprint density at radius 3 is 2.94 bits per heavy atom. The van der Waals surface area contributed by atoms with Gasteiger partial charge in [-0.05, 0) is 30.3 Å². The maximum absolute atomic E-state index is 8.93. The maximum Gasteiger partial charge on any atom is 0.148 e. The molecular formula is C12H9ClN4. The quantitative estimate of drug-likeness (QED) is 0.797. The zero-order chi connectivity index (χ0) is 12.3. The number of benzene rings is 1. The second-order valence-electron chi connectivity index (χ2n) is 3.38. The van der Waals surface area contributed by atoms with Gasteiger partial charge in [-0.2, -0.15) is 5.26 Å². The molecule has 4 nitrogen and oxygen atoms in total. The molecule has 0 radical (unpaired) electrons. The van der Waals surface area contributed by atoms with Crippen LogP contribution in [-0.4, -0.2) is 4.98 Å². The van der Waals surface area contributed by atoms with Crippen LogP contribution in [-0.2, 0) is 0 Å². The minimum Gasteiger partial charge on any atom is -0.399 e. The molecule has 17 heavy (non-hydrogen) atoms. The van der Waals surface area contributed by atoms with Crippen molar-refractivity contribution in [2.75, 3.05) is 11.1 Å². The second kappa shape index (κ2) is 4.73. The monoisotopic (exact) mass is 244 g/mol. The van der Waals surface area contributed by atoms with Crippen molar-refractivity contribution in [3.8, 4) is 6.07 Å². The lowest BCUT2D eigenvalue weighted by Crippen LogP contribution is -1.98. The molecule has 0 amide bonds. The van der Waals surface area contributed by atoms with E-state index in [1.807, 2.05) is 0 Å². The lowest BCUT2D eigenvalue weighted by Gasteiger charge is -2.09. The van der Waals surface area contributed by atoms with Crippen LogP contribution >= 0.6 is 11.6 Å². The van der Waals surface area contributed by atoms with Crippen LogP contribution in [0.5, 0.6) is 0 Å². The summed E-state index contributed by atoms with van der Waals surface area (Å²) in [5.74, 6) is 0.461. The third-order valence-corrected chi connectivity index (χ3v) is 2.50. The molecule has 1 aromatic heterocycles. The molecule has 2 rings (SSSR count). The van der Waals surface area contributed by atoms with Gasteiger partial charge in [-0.25, -0.2) is 4.98 Å². The molecule has 0 spiro atoms. The highest BCUT2D eigenvalue weighted by Crippen LogP contribution is 2.27. The van der Waals surface area contributed by atoms with E-state index in [1.54, 1.807) is 36.5 Å². The fourth-order valence-electron chi connectivity index (χ4n) is 1.36. The van der Waals surface area contributed by atoms with Gasteiger partial charge in [-0.1, -0.05) is 11.6 Å². The summed E-state index contributed by atoms with van der Waals surface area (Å²) in [6.07, 6.45) is 1.60. The summed E-state index contributed by atoms with van der Waals surface area (Å²) in [6.45, 7) is 0. The number of hydrogen-bond donors (Lipinski definition) is 2. The Bertz CT molecular complexity index is 589. The summed E-state index contributed by atoms with van der Waals surface area (Å²) >= 11 is 6.01. The number of nitrogens with two attached hydrogens (primary N) is 1. The third-order valence-electron chi connectivity index (χ3n) is 2.17. The molecule has 0 saturated carbocycles. The zero-order valence-electron chi connectivity index (χ0n) is 8.81. The summed E-state index contributed by atoms with van der Waals surface area (Å²) in [5, 5.41) is 12.4. The van der Waals surface area contributed by atoms with Crippen molar-refractivity contribution >= 4 is 28.8 Å². The number of rotatable bonds is 2. The standard InChI is InChI=1S/C12H9ClN4/c13-10-4-3-9(15)6-11(10)17-12-8(7-14)2-1-5-16-12/h1-6H,15H2,(H,16,17). The number of nitrogen functional groups attached to an aromatic ring is 1. The van der Waals surface area contributed by atoms with E-state index >= 15 is 0 Å². The van der Waals surface area contributed by atoms with Gasteiger partial charge < -0.3 is 11.1 Å². The summed E-state index contributed by atoms with van der Waals surface area (Å²) in [6, 6.07) is 10.5. The molecule has 1 heterocycles. The van der Waals surface area contributed by atoms with E-state index in [-0.39, 0.29) is 0 Å². The Hall–Kier alpha value is -2.25. The number of pyridine rings is 1. The van der Waals surface area contributed by atoms with Gasteiger partial charge in [0.1, 0.15) is 11.9 Å². The van der Waals surface area contributed by atoms with E-state index in [2.05, 4.69) is 16.4 Å². The van der Waals surface area contributed by atoms with E-state index in [9.17, 15) is 0 Å². The lowest BCUT2D eigenvalue weighted by molar-refractivity contribution is 1.28. The van der Waals surface area contributed by atoms with Crippen LogP contribution in [0.2, 0.25) is 5.02 Å². The van der Waals surface area contributed by atoms with E-state index < -0.39 is 0 Å². The number of anilines is 3. The van der Waals surface area contributed by atoms with Crippen LogP contribution in [0.1, 0.15) is 5.56 Å². The highest BCUT2D eigenvalue weighted by Gasteiger charge is 2.05. The minimum atomic E-state index is 0.450. The summed E-state index contributed by atoms with van der Waals surface area (Å²) in [4.78, 5) is 4.08. The lowest BCUT2D eigenvalue weighted by atomic mass is 10.2. The number of nitrogens with zero attached hydrogens (tertiary/aromatic N) is 2. The largest absolute Gasteiger partial charge is 0.399 e. The third kappa shape index (κ3) is 2.47. The molecule has 0 bridgehead atoms. The molecule has 0 aliphatic heterocycles. The van der Waals surface area contributed by atoms with Gasteiger partial charge in [0, 0.05) is 11.9 Å². The first-order valence-electron chi connectivity index (χ1n) is 4.88. The van der Waals surface area contributed by atoms with Crippen LogP contribution in [0.15, 0.2) is 36.5 Å². The summed E-state index contributed by atoms with van der Waals surface area (Å²) in [5.41, 5.74) is 7.33. The van der Waals surface area contributed by atoms with Gasteiger partial charge in [0.2, 0.25) is 0 Å². The van der Waals surface area contributed by atoms with Crippen molar-refractivity contribution < 1.29 is 0 Å². The fraction of sp³-hybridized carbons (Fsp3) is 0. The van der Waals surface area contributed by atoms with Gasteiger partial charge in [0.25, 0.3) is 0 Å². The van der Waals surface area contributed by atoms with Gasteiger partial charge in [-0.3, -0.25) is 0 Å². The second-order valence-corrected chi connectivity index (χ2v) is 3.78. The normalized spacial score (nSPS) is 9.65. The predicted octanol–water partition coefficient (Wildman–Crippen LogP) is 2.93. The molecule has 2 aromatic rings. The molecule has 0 aliphatic rings. The number of aromatic nitrogens is 1. The first-order valence-corrected chi connectivity index (χ1v) is 5.25. The SMILES string of the molecule is N#Cc1cccnc1Nc1cc(N)ccc1Cl. The highest BCUT2D eigenvalue weighted by atomic mass is 35.5. The Balaban J connectivity index is 2.38. The molecule has 84 valence electrons. The van der Waals surface area contributed by atoms with Crippen molar-refractivity contribution in [1.82, 2.24) is 4.98 Å². The Labute approximate surface area is 104 Å². The molecule has 0 saturated heterocycles. The molecule has 0 unspecified atom stereocenters. The Morgan fingerprint density at radius 2 is 2.18 bits per heavy atom. The van der Waals surface area contributed by atoms with Gasteiger partial charge in [0.05, 0.1) is 16.3 Å². The first-order chi connectivity index (χ1) is 8.20. The molecule has 0 atom stereocenters. The fourth-order valence-corrected chi connectivity index (χ4v) is 1.53. The van der Waals surface area contributed by atoms with E-state index in [0.717, 1.165) is 0 Å². The minimum absolute atomic E-state index is 0.450. The average molecular weight is 245 g/mol. The van der Waals surface area contributed by atoms with E-state index in [1.165, 1.54) is 0 Å². The number of nitriles is 1. The summed E-state index contributed by atoms with van der Waals surface area (Å²) in [7, 11) is 0. The van der Waals surface area contributed by atoms with E-state index in [4.69, 9.17) is 22.6 Å². The molecule has 1 aromatic carbocycles. The number of halogens is 1. The number of hydrogen-bond acceptors (Lipinski definition) is 4. The van der Waals surface area contributed by atoms with Crippen molar-refractivity contribution in [1.29, 1.82) is 5.26 Å². The highest BCUT2D eigenvalue weighted by molar-refractivity contribution is 6.33. The van der Waals surface area contributed by atoms with Crippen molar-refractivity contribution in [2.24, 2.45) is 0 Å². The smallest absolute Gasteiger partial charge is 0.148 e. The van der Waals surface area contributed by atoms with E-state index in [0.29, 0.717) is 27.8 Å². The van der Waals surface area contributed by atoms with Crippen molar-refractivity contribution in [3.63, 3.8) is 0 Å². The van der Waals surface area contributed by atoms with Crippen LogP contribution < -0.4 is 11.1 Å². The topological polar surface area (TPSA) is 74.7 Å². The number of nitrogens with one attached hydrogen (secondary N) is 1. The molecule has 5 heteroatoms. The molecule has 0 fully saturated rings. The Morgan fingerprint density at radius 1 is 1.35 bits per heavy atom. The first kappa shape index (κ1) is 11.2. The van der Waals surface area contributed by atoms with Crippen LogP contribution in [0, 0.1) is 11.3 Å². The average Bonchev–Trinajstić information content (AvgIpc) is 2.34. The zero-order valence-corrected chi connectivity index (χ0v) is 9.57. The molecule has 3 N–H and O–H groups in total. The molecule has 0 aliphatic carbocycles. The summed E-state index contributed by atoms with van der Waals surface area (Å²) < 4.78 is 0. The van der Waals surface area contributed by atoms with Gasteiger partial charge in [0.15, 0.2) is 0 Å². The van der Waals surface area contributed by atoms with Gasteiger partial charge in [-0.15, -0.1) is 0 Å². The van der Waals surface area contributed by atoms with Gasteiger partial charge >= 0.3 is 0 Å². The van der Waals surface area contributed by atoms with Crippen molar-refractivity contribution in [3.05, 3.63) is 47.1 Å². The van der Waals surface area contributed by atoms with Crippen molar-refractivity contribution in [2.45, 2.75) is 0 Å². The van der Waals surface area contributed by atoms with Crippen LogP contribution in [0.4, 0.5) is 17.2 Å². The Kier molecular flexibility index (Phi) is 3.12. The maximum atomic E-state index is 8.93.